The van der Waals surface area contributed by atoms with Gasteiger partial charge in [-0.15, -0.1) is 0 Å². The summed E-state index contributed by atoms with van der Waals surface area (Å²) in [4.78, 5) is 11.2. The van der Waals surface area contributed by atoms with Gasteiger partial charge in [-0.2, -0.15) is 0 Å². The number of amides is 1. The lowest BCUT2D eigenvalue weighted by atomic mass is 9.93. The van der Waals surface area contributed by atoms with Crippen molar-refractivity contribution in [3.8, 4) is 0 Å². The number of nitrogens with one attached hydrogen (secondary N) is 2. The number of ether oxygens (including phenoxy) is 1. The van der Waals surface area contributed by atoms with Crippen LogP contribution in [-0.2, 0) is 9.53 Å². The number of rotatable bonds is 4. The normalized spacial score (nSPS) is 22.4. The fourth-order valence-electron chi connectivity index (χ4n) is 2.71. The Hall–Kier alpha value is -1.55. The van der Waals surface area contributed by atoms with Gasteiger partial charge in [0.1, 0.15) is 0 Å². The summed E-state index contributed by atoms with van der Waals surface area (Å²) in [5.74, 6) is -0.0362. The van der Waals surface area contributed by atoms with Crippen LogP contribution < -0.4 is 10.6 Å². The number of methoxy groups -OCH3 is 1. The summed E-state index contributed by atoms with van der Waals surface area (Å²) in [6, 6.07) is 6.62. The molecule has 0 atom stereocenters. The Balaban J connectivity index is 1.98. The van der Waals surface area contributed by atoms with Gasteiger partial charge in [0.25, 0.3) is 0 Å². The monoisotopic (exact) mass is 276 g/mol. The average Bonchev–Trinajstić information content (AvgIpc) is 2.43. The van der Waals surface area contributed by atoms with Crippen LogP contribution in [0.15, 0.2) is 18.2 Å². The molecule has 0 saturated heterocycles. The first-order valence-corrected chi connectivity index (χ1v) is 7.26. The van der Waals surface area contributed by atoms with Crippen LogP contribution in [-0.4, -0.2) is 25.2 Å². The minimum absolute atomic E-state index is 0.0362. The van der Waals surface area contributed by atoms with Crippen molar-refractivity contribution in [2.45, 2.75) is 51.7 Å². The predicted molar refractivity (Wildman–Crippen MR) is 82.2 cm³/mol. The van der Waals surface area contributed by atoms with Gasteiger partial charge in [0.2, 0.25) is 5.91 Å². The highest BCUT2D eigenvalue weighted by Gasteiger charge is 2.20. The smallest absolute Gasteiger partial charge is 0.221 e. The van der Waals surface area contributed by atoms with Crippen LogP contribution in [0.3, 0.4) is 0 Å². The molecule has 1 saturated carbocycles. The Bertz CT molecular complexity index is 466. The molecule has 4 nitrogen and oxygen atoms in total. The lowest BCUT2D eigenvalue weighted by Gasteiger charge is -2.29. The van der Waals surface area contributed by atoms with Crippen LogP contribution in [0.5, 0.6) is 0 Å². The van der Waals surface area contributed by atoms with Crippen molar-refractivity contribution in [1.29, 1.82) is 0 Å². The van der Waals surface area contributed by atoms with Crippen molar-refractivity contribution in [2.24, 2.45) is 0 Å². The fraction of sp³-hybridized carbons (Fsp3) is 0.562. The van der Waals surface area contributed by atoms with Crippen molar-refractivity contribution in [3.05, 3.63) is 23.8 Å². The van der Waals surface area contributed by atoms with Gasteiger partial charge in [0.15, 0.2) is 0 Å². The molecule has 1 aromatic carbocycles. The van der Waals surface area contributed by atoms with E-state index >= 15 is 0 Å². The Morgan fingerprint density at radius 1 is 1.25 bits per heavy atom. The molecule has 1 aromatic rings. The Morgan fingerprint density at radius 2 is 1.95 bits per heavy atom. The highest BCUT2D eigenvalue weighted by atomic mass is 16.5. The van der Waals surface area contributed by atoms with Crippen LogP contribution in [0.1, 0.15) is 38.2 Å². The molecular formula is C16H24N2O2. The molecule has 2 N–H and O–H groups in total. The lowest BCUT2D eigenvalue weighted by Crippen LogP contribution is -2.29. The maximum absolute atomic E-state index is 11.2. The molecule has 2 rings (SSSR count). The fourth-order valence-corrected chi connectivity index (χ4v) is 2.71. The molecule has 1 fully saturated rings. The standard InChI is InChI=1S/C16H24N2O2/c1-11-4-5-14(10-16(11)17-12(2)19)18-13-6-8-15(20-3)9-7-13/h4-5,10,13,15,18H,6-9H2,1-3H3,(H,17,19). The van der Waals surface area contributed by atoms with Gasteiger partial charge in [0, 0.05) is 31.5 Å². The second kappa shape index (κ2) is 6.75. The van der Waals surface area contributed by atoms with E-state index in [1.165, 1.54) is 6.92 Å². The van der Waals surface area contributed by atoms with E-state index in [0.717, 1.165) is 42.6 Å². The number of aryl methyl sites for hydroxylation is 1. The Morgan fingerprint density at radius 3 is 2.55 bits per heavy atom. The van der Waals surface area contributed by atoms with E-state index in [1.54, 1.807) is 7.11 Å². The molecule has 0 aromatic heterocycles. The molecular weight excluding hydrogens is 252 g/mol. The molecule has 0 spiro atoms. The van der Waals surface area contributed by atoms with Gasteiger partial charge in [-0.05, 0) is 50.3 Å². The molecule has 20 heavy (non-hydrogen) atoms. The number of benzene rings is 1. The van der Waals surface area contributed by atoms with Crippen molar-refractivity contribution in [2.75, 3.05) is 17.7 Å². The second-order valence-electron chi connectivity index (χ2n) is 5.56. The summed E-state index contributed by atoms with van der Waals surface area (Å²) >= 11 is 0. The van der Waals surface area contributed by atoms with E-state index < -0.39 is 0 Å². The third-order valence-corrected chi connectivity index (χ3v) is 3.93. The molecule has 1 aliphatic rings. The number of carbonyl (C=O) groups is 1. The summed E-state index contributed by atoms with van der Waals surface area (Å²) in [7, 11) is 1.79. The van der Waals surface area contributed by atoms with E-state index in [-0.39, 0.29) is 5.91 Å². The largest absolute Gasteiger partial charge is 0.382 e. The number of hydrogen-bond acceptors (Lipinski definition) is 3. The molecule has 1 amide bonds. The molecule has 110 valence electrons. The van der Waals surface area contributed by atoms with Crippen molar-refractivity contribution >= 4 is 17.3 Å². The summed E-state index contributed by atoms with van der Waals surface area (Å²) in [6.45, 7) is 3.53. The maximum Gasteiger partial charge on any atom is 0.221 e. The lowest BCUT2D eigenvalue weighted by molar-refractivity contribution is -0.114. The van der Waals surface area contributed by atoms with Gasteiger partial charge < -0.3 is 15.4 Å². The maximum atomic E-state index is 11.2. The van der Waals surface area contributed by atoms with E-state index in [1.807, 2.05) is 19.1 Å². The predicted octanol–water partition coefficient (Wildman–Crippen LogP) is 3.32. The highest BCUT2D eigenvalue weighted by Crippen LogP contribution is 2.26. The Kier molecular flexibility index (Phi) is 5.01. The van der Waals surface area contributed by atoms with Gasteiger partial charge in [0.05, 0.1) is 6.10 Å². The second-order valence-corrected chi connectivity index (χ2v) is 5.56. The van der Waals surface area contributed by atoms with Crippen LogP contribution >= 0.6 is 0 Å². The zero-order chi connectivity index (χ0) is 14.5. The summed E-state index contributed by atoms with van der Waals surface area (Å²) in [5.41, 5.74) is 3.03. The van der Waals surface area contributed by atoms with E-state index in [4.69, 9.17) is 4.74 Å². The van der Waals surface area contributed by atoms with Crippen molar-refractivity contribution in [1.82, 2.24) is 0 Å². The van der Waals surface area contributed by atoms with Crippen molar-refractivity contribution < 1.29 is 9.53 Å². The first-order chi connectivity index (χ1) is 9.58. The molecule has 4 heteroatoms. The van der Waals surface area contributed by atoms with Crippen LogP contribution in [0.4, 0.5) is 11.4 Å². The number of hydrogen-bond donors (Lipinski definition) is 2. The third-order valence-electron chi connectivity index (χ3n) is 3.93. The van der Waals surface area contributed by atoms with Crippen molar-refractivity contribution in [3.63, 3.8) is 0 Å². The van der Waals surface area contributed by atoms with Crippen LogP contribution in [0.2, 0.25) is 0 Å². The number of carbonyl (C=O) groups excluding carboxylic acids is 1. The highest BCUT2D eigenvalue weighted by molar-refractivity contribution is 5.90. The summed E-state index contributed by atoms with van der Waals surface area (Å²) in [6.07, 6.45) is 4.89. The van der Waals surface area contributed by atoms with Crippen LogP contribution in [0.25, 0.3) is 0 Å². The van der Waals surface area contributed by atoms with Gasteiger partial charge in [-0.1, -0.05) is 6.07 Å². The molecule has 0 bridgehead atoms. The minimum Gasteiger partial charge on any atom is -0.382 e. The van der Waals surface area contributed by atoms with E-state index in [0.29, 0.717) is 12.1 Å². The summed E-state index contributed by atoms with van der Waals surface area (Å²) in [5, 5.41) is 6.43. The average molecular weight is 276 g/mol. The number of anilines is 2. The Labute approximate surface area is 120 Å². The van der Waals surface area contributed by atoms with Gasteiger partial charge >= 0.3 is 0 Å². The first-order valence-electron chi connectivity index (χ1n) is 7.26. The third kappa shape index (κ3) is 3.97. The van der Waals surface area contributed by atoms with E-state index in [2.05, 4.69) is 16.7 Å². The zero-order valence-electron chi connectivity index (χ0n) is 12.5. The molecule has 0 unspecified atom stereocenters. The molecule has 0 radical (unpaired) electrons. The molecule has 0 heterocycles. The quantitative estimate of drug-likeness (QED) is 0.887. The molecule has 0 aliphatic heterocycles. The van der Waals surface area contributed by atoms with Gasteiger partial charge in [-0.25, -0.2) is 0 Å². The first kappa shape index (κ1) is 14.9. The van der Waals surface area contributed by atoms with E-state index in [9.17, 15) is 4.79 Å². The molecule has 1 aliphatic carbocycles. The van der Waals surface area contributed by atoms with Crippen LogP contribution in [0, 0.1) is 6.92 Å². The SMILES string of the molecule is COC1CCC(Nc2ccc(C)c(NC(C)=O)c2)CC1. The van der Waals surface area contributed by atoms with Gasteiger partial charge in [-0.3, -0.25) is 4.79 Å². The summed E-state index contributed by atoms with van der Waals surface area (Å²) < 4.78 is 5.39. The topological polar surface area (TPSA) is 50.4 Å². The zero-order valence-corrected chi connectivity index (χ0v) is 12.5. The minimum atomic E-state index is -0.0362.